The molecule has 7 heteroatoms. The van der Waals surface area contributed by atoms with Crippen molar-refractivity contribution in [2.75, 3.05) is 46.3 Å². The lowest BCUT2D eigenvalue weighted by atomic mass is 9.84. The minimum Gasteiger partial charge on any atom is -0.357 e. The Hall–Kier alpha value is -0.930. The molecule has 0 unspecified atom stereocenters. The minimum absolute atomic E-state index is 0. The molecule has 3 rings (SSSR count). The first-order valence-corrected chi connectivity index (χ1v) is 10.8. The van der Waals surface area contributed by atoms with Gasteiger partial charge in [-0.25, -0.2) is 9.38 Å². The first kappa shape index (κ1) is 24.3. The third kappa shape index (κ3) is 7.07. The fraction of sp³-hybridized carbons (Fsp3) is 0.682. The third-order valence-electron chi connectivity index (χ3n) is 6.18. The molecule has 0 radical (unpaired) electrons. The van der Waals surface area contributed by atoms with Crippen molar-refractivity contribution in [3.63, 3.8) is 0 Å². The molecule has 1 aromatic carbocycles. The summed E-state index contributed by atoms with van der Waals surface area (Å²) >= 11 is 0. The zero-order chi connectivity index (χ0) is 19.8. The van der Waals surface area contributed by atoms with Crippen LogP contribution >= 0.6 is 24.0 Å². The summed E-state index contributed by atoms with van der Waals surface area (Å²) in [5.41, 5.74) is 1.10. The van der Waals surface area contributed by atoms with Crippen molar-refractivity contribution in [2.45, 2.75) is 51.1 Å². The number of rotatable bonds is 6. The van der Waals surface area contributed by atoms with Crippen LogP contribution in [-0.2, 0) is 6.54 Å². The Labute approximate surface area is 192 Å². The average molecular weight is 517 g/mol. The fourth-order valence-electron chi connectivity index (χ4n) is 4.40. The van der Waals surface area contributed by atoms with Gasteiger partial charge in [-0.3, -0.25) is 4.90 Å². The Morgan fingerprint density at radius 2 is 1.83 bits per heavy atom. The predicted octanol–water partition coefficient (Wildman–Crippen LogP) is 3.45. The molecule has 2 fully saturated rings. The van der Waals surface area contributed by atoms with Crippen LogP contribution < -0.4 is 10.6 Å². The van der Waals surface area contributed by atoms with Gasteiger partial charge in [0.1, 0.15) is 5.82 Å². The maximum absolute atomic E-state index is 13.4. The summed E-state index contributed by atoms with van der Waals surface area (Å²) in [6, 6.07) is 6.69. The number of benzene rings is 1. The fourth-order valence-corrected chi connectivity index (χ4v) is 4.40. The van der Waals surface area contributed by atoms with E-state index in [9.17, 15) is 4.39 Å². The Kier molecular flexibility index (Phi) is 10.1. The lowest BCUT2D eigenvalue weighted by molar-refractivity contribution is 0.0173. The van der Waals surface area contributed by atoms with E-state index >= 15 is 0 Å². The summed E-state index contributed by atoms with van der Waals surface area (Å²) < 4.78 is 13.4. The average Bonchev–Trinajstić information content (AvgIpc) is 2.72. The van der Waals surface area contributed by atoms with Gasteiger partial charge in [0.05, 0.1) is 6.54 Å². The van der Waals surface area contributed by atoms with E-state index in [1.165, 1.54) is 51.3 Å². The van der Waals surface area contributed by atoms with Crippen LogP contribution in [0.4, 0.5) is 4.39 Å². The molecular weight excluding hydrogens is 480 g/mol. The van der Waals surface area contributed by atoms with Gasteiger partial charge in [-0.05, 0) is 83.5 Å². The monoisotopic (exact) mass is 517 g/mol. The summed E-state index contributed by atoms with van der Waals surface area (Å²) in [5.74, 6) is 0.614. The highest BCUT2D eigenvalue weighted by molar-refractivity contribution is 14.0. The van der Waals surface area contributed by atoms with Gasteiger partial charge in [-0.1, -0.05) is 18.6 Å². The van der Waals surface area contributed by atoms with E-state index in [1.54, 1.807) is 12.1 Å². The van der Waals surface area contributed by atoms with Gasteiger partial charge in [0.2, 0.25) is 0 Å². The number of hydrogen-bond donors (Lipinski definition) is 2. The van der Waals surface area contributed by atoms with Gasteiger partial charge < -0.3 is 15.5 Å². The Balaban J connectivity index is 0.00000300. The molecular formula is C22H37FIN5. The van der Waals surface area contributed by atoms with Crippen molar-refractivity contribution in [3.8, 4) is 0 Å². The third-order valence-corrected chi connectivity index (χ3v) is 6.18. The van der Waals surface area contributed by atoms with Gasteiger partial charge in [-0.2, -0.15) is 0 Å². The van der Waals surface area contributed by atoms with Gasteiger partial charge in [0.25, 0.3) is 0 Å². The Bertz CT molecular complexity index is 640. The van der Waals surface area contributed by atoms with Crippen LogP contribution in [0.3, 0.4) is 0 Å². The number of likely N-dealkylation sites (tertiary alicyclic amines) is 2. The summed E-state index contributed by atoms with van der Waals surface area (Å²) in [7, 11) is 2.22. The molecule has 2 heterocycles. The minimum atomic E-state index is -0.207. The first-order chi connectivity index (χ1) is 13.6. The van der Waals surface area contributed by atoms with Gasteiger partial charge in [0, 0.05) is 18.6 Å². The van der Waals surface area contributed by atoms with E-state index in [2.05, 4.69) is 34.4 Å². The molecule has 164 valence electrons. The normalized spacial score (nSPS) is 20.7. The van der Waals surface area contributed by atoms with Crippen LogP contribution in [-0.4, -0.2) is 67.6 Å². The first-order valence-electron chi connectivity index (χ1n) is 10.8. The summed E-state index contributed by atoms with van der Waals surface area (Å²) in [6.07, 6.45) is 6.37. The van der Waals surface area contributed by atoms with Gasteiger partial charge in [0.15, 0.2) is 5.96 Å². The zero-order valence-corrected chi connectivity index (χ0v) is 20.3. The van der Waals surface area contributed by atoms with E-state index in [0.29, 0.717) is 6.54 Å². The van der Waals surface area contributed by atoms with Crippen LogP contribution in [0.1, 0.15) is 44.6 Å². The standard InChI is InChI=1S/C22H36FN5.HI/c1-3-24-21(25-17-19-8-7-9-20(23)16-19)26-18-22(10-14-27(2)15-11-22)28-12-5-4-6-13-28;/h7-9,16H,3-6,10-15,17-18H2,1-2H3,(H2,24,25,26);1H. The molecule has 1 aromatic rings. The number of piperidine rings is 2. The largest absolute Gasteiger partial charge is 0.357 e. The SMILES string of the molecule is CCNC(=NCc1cccc(F)c1)NCC1(N2CCCCC2)CCN(C)CC1.I. The van der Waals surface area contributed by atoms with E-state index < -0.39 is 0 Å². The predicted molar refractivity (Wildman–Crippen MR) is 130 cm³/mol. The van der Waals surface area contributed by atoms with Gasteiger partial charge >= 0.3 is 0 Å². The molecule has 0 atom stereocenters. The molecule has 0 aliphatic carbocycles. The number of nitrogens with zero attached hydrogens (tertiary/aromatic N) is 3. The Morgan fingerprint density at radius 3 is 2.48 bits per heavy atom. The summed E-state index contributed by atoms with van der Waals surface area (Å²) in [5, 5.41) is 6.97. The molecule has 2 aliphatic rings. The second kappa shape index (κ2) is 12.1. The quantitative estimate of drug-likeness (QED) is 0.345. The van der Waals surface area contributed by atoms with Crippen LogP contribution in [0.5, 0.6) is 0 Å². The summed E-state index contributed by atoms with van der Waals surface area (Å²) in [6.45, 7) is 9.00. The van der Waals surface area contributed by atoms with Crippen LogP contribution in [0, 0.1) is 5.82 Å². The zero-order valence-electron chi connectivity index (χ0n) is 17.9. The maximum atomic E-state index is 13.4. The molecule has 5 nitrogen and oxygen atoms in total. The molecule has 2 saturated heterocycles. The van der Waals surface area contributed by atoms with Crippen molar-refractivity contribution < 1.29 is 4.39 Å². The number of halogens is 2. The van der Waals surface area contributed by atoms with E-state index in [-0.39, 0.29) is 35.3 Å². The van der Waals surface area contributed by atoms with Crippen molar-refractivity contribution in [2.24, 2.45) is 4.99 Å². The van der Waals surface area contributed by atoms with Crippen molar-refractivity contribution >= 4 is 29.9 Å². The molecule has 0 spiro atoms. The Morgan fingerprint density at radius 1 is 1.10 bits per heavy atom. The molecule has 2 aliphatic heterocycles. The molecule has 0 saturated carbocycles. The van der Waals surface area contributed by atoms with E-state index in [4.69, 9.17) is 4.99 Å². The van der Waals surface area contributed by atoms with Crippen LogP contribution in [0.25, 0.3) is 0 Å². The second-order valence-corrected chi connectivity index (χ2v) is 8.25. The molecule has 29 heavy (non-hydrogen) atoms. The van der Waals surface area contributed by atoms with Crippen molar-refractivity contribution in [1.82, 2.24) is 20.4 Å². The number of aliphatic imine (C=N–C) groups is 1. The van der Waals surface area contributed by atoms with Gasteiger partial charge in [-0.15, -0.1) is 24.0 Å². The highest BCUT2D eigenvalue weighted by Crippen LogP contribution is 2.30. The molecule has 0 bridgehead atoms. The number of guanidine groups is 1. The lowest BCUT2D eigenvalue weighted by Gasteiger charge is -2.50. The number of hydrogen-bond acceptors (Lipinski definition) is 3. The molecule has 0 amide bonds. The highest BCUT2D eigenvalue weighted by Gasteiger charge is 2.39. The lowest BCUT2D eigenvalue weighted by Crippen LogP contribution is -2.62. The second-order valence-electron chi connectivity index (χ2n) is 8.25. The van der Waals surface area contributed by atoms with Crippen LogP contribution in [0.15, 0.2) is 29.3 Å². The number of nitrogens with one attached hydrogen (secondary N) is 2. The highest BCUT2D eigenvalue weighted by atomic mass is 127. The van der Waals surface area contributed by atoms with E-state index in [1.807, 2.05) is 6.07 Å². The van der Waals surface area contributed by atoms with Crippen LogP contribution in [0.2, 0.25) is 0 Å². The molecule has 0 aromatic heterocycles. The topological polar surface area (TPSA) is 42.9 Å². The van der Waals surface area contributed by atoms with Crippen molar-refractivity contribution in [1.29, 1.82) is 0 Å². The van der Waals surface area contributed by atoms with E-state index in [0.717, 1.165) is 37.7 Å². The van der Waals surface area contributed by atoms with Crippen molar-refractivity contribution in [3.05, 3.63) is 35.6 Å². The molecule has 2 N–H and O–H groups in total. The summed E-state index contributed by atoms with van der Waals surface area (Å²) in [4.78, 5) is 9.86. The maximum Gasteiger partial charge on any atom is 0.191 e. The smallest absolute Gasteiger partial charge is 0.191 e.